The van der Waals surface area contributed by atoms with Crippen molar-refractivity contribution in [3.63, 3.8) is 0 Å². The van der Waals surface area contributed by atoms with Gasteiger partial charge in [-0.05, 0) is 25.7 Å². The first-order valence-electron chi connectivity index (χ1n) is 5.07. The normalized spacial score (nSPS) is 29.6. The van der Waals surface area contributed by atoms with Crippen LogP contribution in [0.3, 0.4) is 0 Å². The van der Waals surface area contributed by atoms with Crippen molar-refractivity contribution in [1.82, 2.24) is 5.48 Å². The third-order valence-corrected chi connectivity index (χ3v) is 2.66. The third-order valence-electron chi connectivity index (χ3n) is 2.66. The maximum Gasteiger partial charge on any atom is 0.263 e. The fourth-order valence-corrected chi connectivity index (χ4v) is 1.39. The van der Waals surface area contributed by atoms with Gasteiger partial charge in [-0.1, -0.05) is 0 Å². The molecule has 0 spiro atoms. The molecule has 0 aromatic rings. The second-order valence-corrected chi connectivity index (χ2v) is 4.00. The maximum atomic E-state index is 11.4. The van der Waals surface area contributed by atoms with E-state index in [-0.39, 0.29) is 12.2 Å². The van der Waals surface area contributed by atoms with Gasteiger partial charge >= 0.3 is 0 Å². The number of nitrogens with two attached hydrogens (primary N) is 1. The van der Waals surface area contributed by atoms with Crippen molar-refractivity contribution in [2.75, 3.05) is 6.61 Å². The SMILES string of the molecule is NC1(C(=O)NOC2CCCCO2)CC1. The van der Waals surface area contributed by atoms with Gasteiger partial charge < -0.3 is 10.5 Å². The Kier molecular flexibility index (Phi) is 2.71. The second kappa shape index (κ2) is 3.84. The predicted octanol–water partition coefficient (Wildman–Crippen LogP) is 0.0521. The van der Waals surface area contributed by atoms with Gasteiger partial charge in [0.25, 0.3) is 5.91 Å². The van der Waals surface area contributed by atoms with Crippen LogP contribution in [0.25, 0.3) is 0 Å². The van der Waals surface area contributed by atoms with E-state index in [0.717, 1.165) is 32.1 Å². The summed E-state index contributed by atoms with van der Waals surface area (Å²) in [5.74, 6) is -0.230. The van der Waals surface area contributed by atoms with Gasteiger partial charge in [-0.2, -0.15) is 0 Å². The lowest BCUT2D eigenvalue weighted by Gasteiger charge is -2.22. The molecule has 1 aliphatic carbocycles. The Balaban J connectivity index is 1.68. The summed E-state index contributed by atoms with van der Waals surface area (Å²) < 4.78 is 5.28. The van der Waals surface area contributed by atoms with E-state index in [2.05, 4.69) is 5.48 Å². The molecule has 1 saturated carbocycles. The molecule has 0 bridgehead atoms. The van der Waals surface area contributed by atoms with Gasteiger partial charge in [0.2, 0.25) is 0 Å². The smallest absolute Gasteiger partial charge is 0.263 e. The number of hydrogen-bond donors (Lipinski definition) is 2. The van der Waals surface area contributed by atoms with E-state index >= 15 is 0 Å². The zero-order valence-corrected chi connectivity index (χ0v) is 8.12. The molecule has 1 amide bonds. The van der Waals surface area contributed by atoms with Gasteiger partial charge in [-0.25, -0.2) is 10.3 Å². The summed E-state index contributed by atoms with van der Waals surface area (Å²) in [6, 6.07) is 0. The zero-order chi connectivity index (χ0) is 10.0. The molecule has 2 rings (SSSR count). The van der Waals surface area contributed by atoms with Crippen molar-refractivity contribution in [3.8, 4) is 0 Å². The fourth-order valence-electron chi connectivity index (χ4n) is 1.39. The zero-order valence-electron chi connectivity index (χ0n) is 8.12. The van der Waals surface area contributed by atoms with Gasteiger partial charge in [0, 0.05) is 13.0 Å². The Morgan fingerprint density at radius 3 is 2.86 bits per heavy atom. The first-order valence-corrected chi connectivity index (χ1v) is 5.07. The minimum Gasteiger partial charge on any atom is -0.350 e. The van der Waals surface area contributed by atoms with Crippen LogP contribution < -0.4 is 11.2 Å². The number of rotatable bonds is 3. The van der Waals surface area contributed by atoms with Gasteiger partial charge in [0.1, 0.15) is 0 Å². The minimum atomic E-state index is -0.672. The average molecular weight is 200 g/mol. The van der Waals surface area contributed by atoms with Crippen LogP contribution in [0.4, 0.5) is 0 Å². The van der Waals surface area contributed by atoms with Gasteiger partial charge in [-0.3, -0.25) is 4.79 Å². The maximum absolute atomic E-state index is 11.4. The second-order valence-electron chi connectivity index (χ2n) is 4.00. The number of carbonyl (C=O) groups excluding carboxylic acids is 1. The van der Waals surface area contributed by atoms with Crippen molar-refractivity contribution >= 4 is 5.91 Å². The van der Waals surface area contributed by atoms with Crippen molar-refractivity contribution in [2.45, 2.75) is 43.9 Å². The fraction of sp³-hybridized carbons (Fsp3) is 0.889. The van der Waals surface area contributed by atoms with Crippen molar-refractivity contribution in [1.29, 1.82) is 0 Å². The molecular formula is C9H16N2O3. The van der Waals surface area contributed by atoms with Gasteiger partial charge in [0.15, 0.2) is 6.29 Å². The summed E-state index contributed by atoms with van der Waals surface area (Å²) in [5, 5.41) is 0. The van der Waals surface area contributed by atoms with Crippen LogP contribution in [0.1, 0.15) is 32.1 Å². The molecule has 2 aliphatic rings. The first kappa shape index (κ1) is 9.89. The van der Waals surface area contributed by atoms with Crippen LogP contribution in [-0.2, 0) is 14.4 Å². The van der Waals surface area contributed by atoms with Crippen molar-refractivity contribution < 1.29 is 14.4 Å². The van der Waals surface area contributed by atoms with E-state index in [9.17, 15) is 4.79 Å². The topological polar surface area (TPSA) is 73.6 Å². The molecule has 0 aromatic heterocycles. The number of nitrogens with one attached hydrogen (secondary N) is 1. The van der Waals surface area contributed by atoms with Crippen LogP contribution >= 0.6 is 0 Å². The average Bonchev–Trinajstić information content (AvgIpc) is 2.96. The lowest BCUT2D eigenvalue weighted by molar-refractivity contribution is -0.201. The van der Waals surface area contributed by atoms with E-state index in [1.54, 1.807) is 0 Å². The highest BCUT2D eigenvalue weighted by atomic mass is 16.8. The third kappa shape index (κ3) is 2.23. The molecule has 1 atom stereocenters. The van der Waals surface area contributed by atoms with E-state index in [1.165, 1.54) is 0 Å². The monoisotopic (exact) mass is 200 g/mol. The summed E-state index contributed by atoms with van der Waals surface area (Å²) in [5.41, 5.74) is 7.37. The Morgan fingerprint density at radius 1 is 1.50 bits per heavy atom. The Hall–Kier alpha value is -0.650. The number of amides is 1. The van der Waals surface area contributed by atoms with Gasteiger partial charge in [-0.15, -0.1) is 0 Å². The van der Waals surface area contributed by atoms with Crippen LogP contribution in [-0.4, -0.2) is 24.3 Å². The van der Waals surface area contributed by atoms with Crippen LogP contribution in [0.5, 0.6) is 0 Å². The number of hydrogen-bond acceptors (Lipinski definition) is 4. The molecular weight excluding hydrogens is 184 g/mol. The molecule has 1 unspecified atom stereocenters. The molecule has 14 heavy (non-hydrogen) atoms. The lowest BCUT2D eigenvalue weighted by Crippen LogP contribution is -2.44. The Labute approximate surface area is 82.9 Å². The number of carbonyl (C=O) groups is 1. The van der Waals surface area contributed by atoms with Crippen molar-refractivity contribution in [3.05, 3.63) is 0 Å². The summed E-state index contributed by atoms with van der Waals surface area (Å²) in [7, 11) is 0. The quantitative estimate of drug-likeness (QED) is 0.631. The standard InChI is InChI=1S/C9H16N2O3/c10-9(4-5-9)8(12)11-14-7-3-1-2-6-13-7/h7H,1-6,10H2,(H,11,12). The van der Waals surface area contributed by atoms with Crippen LogP contribution in [0.15, 0.2) is 0 Å². The summed E-state index contributed by atoms with van der Waals surface area (Å²) in [4.78, 5) is 16.5. The lowest BCUT2D eigenvalue weighted by atomic mass is 10.2. The van der Waals surface area contributed by atoms with Gasteiger partial charge in [0.05, 0.1) is 5.54 Å². The molecule has 1 aliphatic heterocycles. The van der Waals surface area contributed by atoms with E-state index in [4.69, 9.17) is 15.3 Å². The molecule has 0 radical (unpaired) electrons. The van der Waals surface area contributed by atoms with Crippen LogP contribution in [0.2, 0.25) is 0 Å². The summed E-state index contributed by atoms with van der Waals surface area (Å²) in [6.07, 6.45) is 4.16. The van der Waals surface area contributed by atoms with E-state index in [1.807, 2.05) is 0 Å². The molecule has 5 heteroatoms. The number of hydroxylamine groups is 1. The molecule has 2 fully saturated rings. The molecule has 5 nitrogen and oxygen atoms in total. The molecule has 3 N–H and O–H groups in total. The summed E-state index contributed by atoms with van der Waals surface area (Å²) >= 11 is 0. The Bertz CT molecular complexity index is 222. The number of ether oxygens (including phenoxy) is 1. The van der Waals surface area contributed by atoms with E-state index in [0.29, 0.717) is 6.61 Å². The molecule has 0 aromatic carbocycles. The highest BCUT2D eigenvalue weighted by molar-refractivity contribution is 5.88. The minimum absolute atomic E-state index is 0.230. The first-order chi connectivity index (χ1) is 6.71. The molecule has 80 valence electrons. The predicted molar refractivity (Wildman–Crippen MR) is 49.0 cm³/mol. The largest absolute Gasteiger partial charge is 0.350 e. The Morgan fingerprint density at radius 2 is 2.29 bits per heavy atom. The highest BCUT2D eigenvalue weighted by Crippen LogP contribution is 2.32. The van der Waals surface area contributed by atoms with Crippen LogP contribution in [0, 0.1) is 0 Å². The highest BCUT2D eigenvalue weighted by Gasteiger charge is 2.46. The summed E-state index contributed by atoms with van der Waals surface area (Å²) in [6.45, 7) is 0.703. The molecule has 1 heterocycles. The van der Waals surface area contributed by atoms with E-state index < -0.39 is 5.54 Å². The van der Waals surface area contributed by atoms with Crippen molar-refractivity contribution in [2.24, 2.45) is 5.73 Å². The molecule has 1 saturated heterocycles.